The van der Waals surface area contributed by atoms with Crippen molar-refractivity contribution in [3.05, 3.63) is 94.9 Å². The molecule has 0 unspecified atom stereocenters. The third-order valence-corrected chi connectivity index (χ3v) is 6.00. The van der Waals surface area contributed by atoms with Crippen LogP contribution < -0.4 is 10.3 Å². The lowest BCUT2D eigenvalue weighted by molar-refractivity contribution is 0.395. The number of hydrogen-bond acceptors (Lipinski definition) is 7. The summed E-state index contributed by atoms with van der Waals surface area (Å²) in [7, 11) is 1.62. The first-order valence-electron chi connectivity index (χ1n) is 9.96. The van der Waals surface area contributed by atoms with Crippen molar-refractivity contribution in [1.29, 1.82) is 0 Å². The molecule has 160 valence electrons. The monoisotopic (exact) mass is 445 g/mol. The lowest BCUT2D eigenvalue weighted by Gasteiger charge is -2.11. The Morgan fingerprint density at radius 2 is 1.88 bits per heavy atom. The van der Waals surface area contributed by atoms with E-state index in [4.69, 9.17) is 18.7 Å². The Kier molecular flexibility index (Phi) is 5.51. The van der Waals surface area contributed by atoms with Gasteiger partial charge < -0.3 is 13.7 Å². The molecule has 0 spiro atoms. The summed E-state index contributed by atoms with van der Waals surface area (Å²) in [5.74, 6) is 2.54. The predicted molar refractivity (Wildman–Crippen MR) is 122 cm³/mol. The Morgan fingerprint density at radius 3 is 2.72 bits per heavy atom. The van der Waals surface area contributed by atoms with Crippen LogP contribution in [0.25, 0.3) is 22.2 Å². The van der Waals surface area contributed by atoms with E-state index in [2.05, 4.69) is 5.16 Å². The SMILES string of the molecule is COc1ccccc1-c1cc(CSc2nc3ccccc3c(=O)n2Cc2ccco2)on1. The standard InChI is InChI=1S/C24H19N3O4S/c1-29-22-11-5-3-8-18(22)21-13-17(31-26-21)15-32-24-25-20-10-4-2-9-19(20)23(28)27(24)14-16-7-6-12-30-16/h2-13H,14-15H2,1H3. The summed E-state index contributed by atoms with van der Waals surface area (Å²) in [4.78, 5) is 17.9. The second-order valence-electron chi connectivity index (χ2n) is 7.05. The molecule has 0 aliphatic rings. The van der Waals surface area contributed by atoms with Gasteiger partial charge in [0, 0.05) is 11.6 Å². The highest BCUT2D eigenvalue weighted by Crippen LogP contribution is 2.31. The molecule has 5 rings (SSSR count). The molecule has 0 bridgehead atoms. The number of furan rings is 1. The number of hydrogen-bond donors (Lipinski definition) is 0. The maximum Gasteiger partial charge on any atom is 0.262 e. The first kappa shape index (κ1) is 20.1. The highest BCUT2D eigenvalue weighted by molar-refractivity contribution is 7.98. The van der Waals surface area contributed by atoms with Gasteiger partial charge in [-0.2, -0.15) is 0 Å². The molecule has 0 N–H and O–H groups in total. The van der Waals surface area contributed by atoms with Gasteiger partial charge >= 0.3 is 0 Å². The van der Waals surface area contributed by atoms with Gasteiger partial charge in [-0.15, -0.1) is 0 Å². The van der Waals surface area contributed by atoms with Crippen LogP contribution in [0.5, 0.6) is 5.75 Å². The zero-order valence-electron chi connectivity index (χ0n) is 17.2. The summed E-state index contributed by atoms with van der Waals surface area (Å²) in [5.41, 5.74) is 2.09. The van der Waals surface area contributed by atoms with E-state index in [1.54, 1.807) is 30.1 Å². The Bertz CT molecular complexity index is 1420. The Balaban J connectivity index is 1.45. The van der Waals surface area contributed by atoms with E-state index in [-0.39, 0.29) is 5.56 Å². The summed E-state index contributed by atoms with van der Waals surface area (Å²) in [5, 5.41) is 5.34. The van der Waals surface area contributed by atoms with Crippen LogP contribution in [0.1, 0.15) is 11.5 Å². The van der Waals surface area contributed by atoms with Crippen LogP contribution in [-0.2, 0) is 12.3 Å². The minimum Gasteiger partial charge on any atom is -0.496 e. The van der Waals surface area contributed by atoms with Crippen LogP contribution >= 0.6 is 11.8 Å². The number of nitrogens with zero attached hydrogens (tertiary/aromatic N) is 3. The van der Waals surface area contributed by atoms with E-state index in [9.17, 15) is 4.79 Å². The molecule has 0 saturated heterocycles. The summed E-state index contributed by atoms with van der Waals surface area (Å²) in [6.07, 6.45) is 1.59. The van der Waals surface area contributed by atoms with Gasteiger partial charge in [0.1, 0.15) is 23.0 Å². The van der Waals surface area contributed by atoms with Gasteiger partial charge in [-0.05, 0) is 36.4 Å². The van der Waals surface area contributed by atoms with Crippen LogP contribution in [0.2, 0.25) is 0 Å². The van der Waals surface area contributed by atoms with E-state index >= 15 is 0 Å². The lowest BCUT2D eigenvalue weighted by Crippen LogP contribution is -2.23. The summed E-state index contributed by atoms with van der Waals surface area (Å²) in [6, 6.07) is 20.5. The number of methoxy groups -OCH3 is 1. The largest absolute Gasteiger partial charge is 0.496 e. The first-order valence-corrected chi connectivity index (χ1v) is 11.0. The average Bonchev–Trinajstić information content (AvgIpc) is 3.52. The number of aromatic nitrogens is 3. The zero-order valence-corrected chi connectivity index (χ0v) is 18.0. The van der Waals surface area contributed by atoms with Gasteiger partial charge in [0.15, 0.2) is 5.16 Å². The normalized spacial score (nSPS) is 11.2. The van der Waals surface area contributed by atoms with Gasteiger partial charge in [0.2, 0.25) is 0 Å². The molecule has 0 amide bonds. The molecule has 0 saturated carbocycles. The molecule has 0 atom stereocenters. The fraction of sp³-hybridized carbons (Fsp3) is 0.125. The number of benzene rings is 2. The van der Waals surface area contributed by atoms with Crippen LogP contribution in [0.15, 0.2) is 91.9 Å². The summed E-state index contributed by atoms with van der Waals surface area (Å²) in [6.45, 7) is 0.300. The molecule has 8 heteroatoms. The van der Waals surface area contributed by atoms with Gasteiger partial charge in [-0.1, -0.05) is 41.2 Å². The van der Waals surface area contributed by atoms with Crippen LogP contribution in [0, 0.1) is 0 Å². The third-order valence-electron chi connectivity index (χ3n) is 5.01. The highest BCUT2D eigenvalue weighted by atomic mass is 32.2. The van der Waals surface area contributed by atoms with Crippen LogP contribution in [0.4, 0.5) is 0 Å². The topological polar surface area (TPSA) is 83.3 Å². The average molecular weight is 446 g/mol. The van der Waals surface area contributed by atoms with E-state index < -0.39 is 0 Å². The number of para-hydroxylation sites is 2. The van der Waals surface area contributed by atoms with Crippen molar-refractivity contribution >= 4 is 22.7 Å². The quantitative estimate of drug-likeness (QED) is 0.258. The highest BCUT2D eigenvalue weighted by Gasteiger charge is 2.16. The van der Waals surface area contributed by atoms with Crippen molar-refractivity contribution in [3.63, 3.8) is 0 Å². The maximum atomic E-state index is 13.2. The second kappa shape index (κ2) is 8.76. The van der Waals surface area contributed by atoms with Gasteiger partial charge in [-0.25, -0.2) is 4.98 Å². The van der Waals surface area contributed by atoms with Crippen LogP contribution in [-0.4, -0.2) is 21.8 Å². The molecule has 7 nitrogen and oxygen atoms in total. The number of thioether (sulfide) groups is 1. The molecule has 0 radical (unpaired) electrons. The molecule has 3 aromatic heterocycles. The smallest absolute Gasteiger partial charge is 0.262 e. The predicted octanol–water partition coefficient (Wildman–Crippen LogP) is 4.99. The number of fused-ring (bicyclic) bond motifs is 1. The second-order valence-corrected chi connectivity index (χ2v) is 7.99. The minimum atomic E-state index is -0.109. The first-order chi connectivity index (χ1) is 15.7. The number of rotatable bonds is 7. The van der Waals surface area contributed by atoms with Crippen LogP contribution in [0.3, 0.4) is 0 Å². The number of ether oxygens (including phenoxy) is 1. The zero-order chi connectivity index (χ0) is 21.9. The van der Waals surface area contributed by atoms with Gasteiger partial charge in [0.25, 0.3) is 5.56 Å². The van der Waals surface area contributed by atoms with Crippen molar-refractivity contribution in [3.8, 4) is 17.0 Å². The molecule has 0 aliphatic heterocycles. The molecular formula is C24H19N3O4S. The molecule has 2 aromatic carbocycles. The van der Waals surface area contributed by atoms with Crippen molar-refractivity contribution < 1.29 is 13.7 Å². The van der Waals surface area contributed by atoms with Crippen molar-refractivity contribution in [1.82, 2.24) is 14.7 Å². The van der Waals surface area contributed by atoms with E-state index in [1.165, 1.54) is 11.8 Å². The fourth-order valence-corrected chi connectivity index (χ4v) is 4.33. The van der Waals surface area contributed by atoms with Crippen molar-refractivity contribution in [2.24, 2.45) is 0 Å². The molecule has 0 aliphatic carbocycles. The van der Waals surface area contributed by atoms with E-state index in [0.717, 1.165) is 11.3 Å². The molecule has 32 heavy (non-hydrogen) atoms. The van der Waals surface area contributed by atoms with E-state index in [1.807, 2.05) is 54.6 Å². The van der Waals surface area contributed by atoms with E-state index in [0.29, 0.717) is 45.6 Å². The lowest BCUT2D eigenvalue weighted by atomic mass is 10.1. The summed E-state index contributed by atoms with van der Waals surface area (Å²) < 4.78 is 18.0. The Morgan fingerprint density at radius 1 is 1.03 bits per heavy atom. The molecule has 5 aromatic rings. The van der Waals surface area contributed by atoms with Gasteiger partial charge in [0.05, 0.1) is 36.6 Å². The third kappa shape index (κ3) is 3.92. The maximum absolute atomic E-state index is 13.2. The molecule has 3 heterocycles. The summed E-state index contributed by atoms with van der Waals surface area (Å²) >= 11 is 1.41. The Labute approximate surface area is 187 Å². The molecule has 0 fully saturated rings. The Hall–Kier alpha value is -3.78. The van der Waals surface area contributed by atoms with Crippen molar-refractivity contribution in [2.75, 3.05) is 7.11 Å². The fourth-order valence-electron chi connectivity index (χ4n) is 3.46. The minimum absolute atomic E-state index is 0.109. The molecular weight excluding hydrogens is 426 g/mol. The van der Waals surface area contributed by atoms with Crippen molar-refractivity contribution in [2.45, 2.75) is 17.5 Å². The van der Waals surface area contributed by atoms with Gasteiger partial charge in [-0.3, -0.25) is 9.36 Å².